The summed E-state index contributed by atoms with van der Waals surface area (Å²) >= 11 is 0. The first-order chi connectivity index (χ1) is 14.9. The van der Waals surface area contributed by atoms with Crippen LogP contribution in [0.2, 0.25) is 0 Å². The van der Waals surface area contributed by atoms with E-state index in [9.17, 15) is 5.11 Å². The molecule has 0 radical (unpaired) electrons. The lowest BCUT2D eigenvalue weighted by Gasteiger charge is -2.17. The quantitative estimate of drug-likeness (QED) is 0.498. The topological polar surface area (TPSA) is 125 Å². The molecule has 0 spiro atoms. The second-order valence-corrected chi connectivity index (χ2v) is 8.23. The Morgan fingerprint density at radius 2 is 2.10 bits per heavy atom. The first kappa shape index (κ1) is 21.1. The zero-order valence-electron chi connectivity index (χ0n) is 17.7. The summed E-state index contributed by atoms with van der Waals surface area (Å²) in [6.07, 6.45) is 3.67. The molecule has 1 fully saturated rings. The van der Waals surface area contributed by atoms with Crippen LogP contribution in [-0.2, 0) is 0 Å². The van der Waals surface area contributed by atoms with Gasteiger partial charge in [0, 0.05) is 42.0 Å². The molecular formula is C23H27N5O3. The summed E-state index contributed by atoms with van der Waals surface area (Å²) < 4.78 is 13.0. The lowest BCUT2D eigenvalue weighted by molar-refractivity contribution is 0.182. The van der Waals surface area contributed by atoms with Crippen LogP contribution in [0, 0.1) is 17.8 Å². The summed E-state index contributed by atoms with van der Waals surface area (Å²) in [6, 6.07) is 9.05. The predicted molar refractivity (Wildman–Crippen MR) is 115 cm³/mol. The maximum Gasteiger partial charge on any atom is 0.210 e. The monoisotopic (exact) mass is 421 g/mol. The van der Waals surface area contributed by atoms with Crippen LogP contribution in [0.4, 0.5) is 0 Å². The van der Waals surface area contributed by atoms with Gasteiger partial charge in [0.25, 0.3) is 0 Å². The number of hydrogen-bond acceptors (Lipinski definition) is 7. The van der Waals surface area contributed by atoms with E-state index in [2.05, 4.69) is 22.0 Å². The van der Waals surface area contributed by atoms with Crippen LogP contribution in [0.1, 0.15) is 55.3 Å². The highest BCUT2D eigenvalue weighted by Gasteiger charge is 2.46. The third kappa shape index (κ3) is 4.80. The van der Waals surface area contributed by atoms with Crippen LogP contribution in [0.5, 0.6) is 5.75 Å². The summed E-state index contributed by atoms with van der Waals surface area (Å²) in [4.78, 5) is 4.19. The zero-order valence-corrected chi connectivity index (χ0v) is 17.7. The summed E-state index contributed by atoms with van der Waals surface area (Å²) in [5.41, 5.74) is 13.4. The Bertz CT molecular complexity index is 1090. The van der Waals surface area contributed by atoms with E-state index in [1.165, 1.54) is 0 Å². The second kappa shape index (κ2) is 8.55. The van der Waals surface area contributed by atoms with E-state index >= 15 is 0 Å². The minimum atomic E-state index is -0.716. The highest BCUT2D eigenvalue weighted by molar-refractivity contribution is 5.42. The number of aromatic nitrogens is 3. The van der Waals surface area contributed by atoms with Crippen molar-refractivity contribution >= 4 is 0 Å². The summed E-state index contributed by atoms with van der Waals surface area (Å²) in [6.45, 7) is 4.62. The highest BCUT2D eigenvalue weighted by Crippen LogP contribution is 2.40. The number of benzene rings is 1. The number of hydrogen-bond donors (Lipinski definition) is 3. The molecule has 1 aliphatic carbocycles. The number of aliphatic hydroxyl groups excluding tert-OH is 1. The predicted octanol–water partition coefficient (Wildman–Crippen LogP) is 1.99. The Morgan fingerprint density at radius 1 is 1.35 bits per heavy atom. The molecule has 2 aromatic heterocycles. The molecular weight excluding hydrogens is 394 g/mol. The Kier molecular flexibility index (Phi) is 5.83. The molecule has 0 amide bonds. The largest absolute Gasteiger partial charge is 0.493 e. The number of nitrogens with zero attached hydrogens (tertiary/aromatic N) is 3. The molecule has 0 unspecified atom stereocenters. The zero-order chi connectivity index (χ0) is 22.0. The molecule has 0 saturated heterocycles. The molecule has 8 nitrogen and oxygen atoms in total. The fourth-order valence-electron chi connectivity index (χ4n) is 3.48. The first-order valence-electron chi connectivity index (χ1n) is 10.3. The van der Waals surface area contributed by atoms with Gasteiger partial charge in [-0.15, -0.1) is 0 Å². The van der Waals surface area contributed by atoms with Crippen molar-refractivity contribution in [3.8, 4) is 17.6 Å². The smallest absolute Gasteiger partial charge is 0.210 e. The van der Waals surface area contributed by atoms with Crippen LogP contribution in [0.15, 0.2) is 47.2 Å². The van der Waals surface area contributed by atoms with E-state index in [-0.39, 0.29) is 18.1 Å². The van der Waals surface area contributed by atoms with E-state index in [0.717, 1.165) is 17.7 Å². The average Bonchev–Trinajstić information content (AvgIpc) is 3.15. The third-order valence-corrected chi connectivity index (χ3v) is 5.60. The third-order valence-electron chi connectivity index (χ3n) is 5.60. The van der Waals surface area contributed by atoms with E-state index in [1.54, 1.807) is 30.0 Å². The molecule has 4 rings (SSSR count). The van der Waals surface area contributed by atoms with Crippen molar-refractivity contribution in [2.75, 3.05) is 13.2 Å². The Balaban J connectivity index is 1.41. The van der Waals surface area contributed by atoms with Crippen molar-refractivity contribution < 1.29 is 14.4 Å². The number of aliphatic hydroxyl groups is 1. The molecule has 8 heteroatoms. The standard InChI is InChI=1S/C23H27N5O3/c1-15(29)22-26-9-10-28(22)21(13-24)20-11-19(31-27-20)8-5-16-3-6-18(7-4-16)30-14-17-12-23(17,2)25/h3-4,6-7,9-11,15,17,21,29H,12-14,24-25H2,1-2H3/t15-,17+,21+,23-/m0/s1. The fourth-order valence-corrected chi connectivity index (χ4v) is 3.48. The minimum absolute atomic E-state index is 0.0833. The normalized spacial score (nSPS) is 21.8. The molecule has 1 aromatic carbocycles. The van der Waals surface area contributed by atoms with E-state index in [1.807, 2.05) is 31.2 Å². The highest BCUT2D eigenvalue weighted by atomic mass is 16.5. The van der Waals surface area contributed by atoms with Crippen LogP contribution < -0.4 is 16.2 Å². The molecule has 162 valence electrons. The van der Waals surface area contributed by atoms with Crippen molar-refractivity contribution in [2.45, 2.75) is 38.0 Å². The molecule has 0 aliphatic heterocycles. The van der Waals surface area contributed by atoms with Crippen LogP contribution in [-0.4, -0.2) is 38.5 Å². The van der Waals surface area contributed by atoms with E-state index in [4.69, 9.17) is 20.7 Å². The van der Waals surface area contributed by atoms with Crippen molar-refractivity contribution in [1.82, 2.24) is 14.7 Å². The van der Waals surface area contributed by atoms with Gasteiger partial charge in [0.1, 0.15) is 23.4 Å². The molecule has 1 saturated carbocycles. The number of nitrogens with two attached hydrogens (primary N) is 2. The molecule has 0 bridgehead atoms. The average molecular weight is 422 g/mol. The molecule has 2 heterocycles. The van der Waals surface area contributed by atoms with Gasteiger partial charge in [0.2, 0.25) is 5.76 Å². The van der Waals surface area contributed by atoms with Gasteiger partial charge in [-0.2, -0.15) is 0 Å². The van der Waals surface area contributed by atoms with Gasteiger partial charge in [0.15, 0.2) is 0 Å². The summed E-state index contributed by atoms with van der Waals surface area (Å²) in [7, 11) is 0. The summed E-state index contributed by atoms with van der Waals surface area (Å²) in [5, 5.41) is 14.0. The first-order valence-corrected chi connectivity index (χ1v) is 10.3. The van der Waals surface area contributed by atoms with Crippen LogP contribution >= 0.6 is 0 Å². The van der Waals surface area contributed by atoms with Gasteiger partial charge in [-0.05, 0) is 50.5 Å². The molecule has 1 aliphatic rings. The molecule has 5 N–H and O–H groups in total. The van der Waals surface area contributed by atoms with Gasteiger partial charge < -0.3 is 30.4 Å². The van der Waals surface area contributed by atoms with Gasteiger partial charge in [0.05, 0.1) is 12.6 Å². The van der Waals surface area contributed by atoms with Crippen LogP contribution in [0.3, 0.4) is 0 Å². The van der Waals surface area contributed by atoms with Gasteiger partial charge in [-0.25, -0.2) is 4.98 Å². The number of imidazole rings is 1. The lowest BCUT2D eigenvalue weighted by atomic mass is 10.1. The summed E-state index contributed by atoms with van der Waals surface area (Å²) in [5.74, 6) is 8.22. The Labute approximate surface area is 181 Å². The van der Waals surface area contributed by atoms with Crippen molar-refractivity contribution in [2.24, 2.45) is 17.4 Å². The fraction of sp³-hybridized carbons (Fsp3) is 0.391. The SMILES string of the molecule is C[C@H](O)c1nccn1[C@H](CN)c1cc(C#Cc2ccc(OC[C@H]3C[C@]3(C)N)cc2)on1. The van der Waals surface area contributed by atoms with Gasteiger partial charge in [-0.1, -0.05) is 11.1 Å². The maximum atomic E-state index is 9.90. The van der Waals surface area contributed by atoms with Gasteiger partial charge >= 0.3 is 0 Å². The van der Waals surface area contributed by atoms with Crippen molar-refractivity contribution in [3.63, 3.8) is 0 Å². The lowest BCUT2D eigenvalue weighted by Crippen LogP contribution is -2.22. The Morgan fingerprint density at radius 3 is 2.74 bits per heavy atom. The number of ether oxygens (including phenoxy) is 1. The van der Waals surface area contributed by atoms with E-state index in [0.29, 0.717) is 29.8 Å². The minimum Gasteiger partial charge on any atom is -0.493 e. The second-order valence-electron chi connectivity index (χ2n) is 8.23. The van der Waals surface area contributed by atoms with Gasteiger partial charge in [-0.3, -0.25) is 0 Å². The van der Waals surface area contributed by atoms with Crippen molar-refractivity contribution in [3.05, 3.63) is 65.6 Å². The Hall–Kier alpha value is -3.12. The van der Waals surface area contributed by atoms with Crippen LogP contribution in [0.25, 0.3) is 0 Å². The van der Waals surface area contributed by atoms with Crippen molar-refractivity contribution in [1.29, 1.82) is 0 Å². The number of rotatable bonds is 7. The molecule has 31 heavy (non-hydrogen) atoms. The molecule has 4 atom stereocenters. The van der Waals surface area contributed by atoms with E-state index < -0.39 is 6.10 Å². The maximum absolute atomic E-state index is 9.90. The molecule has 3 aromatic rings.